The van der Waals surface area contributed by atoms with Crippen molar-refractivity contribution in [2.24, 2.45) is 0 Å². The molecule has 0 bridgehead atoms. The Balaban J connectivity index is 1.57. The van der Waals surface area contributed by atoms with E-state index in [2.05, 4.69) is 44.3 Å². The van der Waals surface area contributed by atoms with E-state index in [-0.39, 0.29) is 0 Å². The molecular formula is C14H21BrN2O. The Kier molecular flexibility index (Phi) is 6.14. The van der Waals surface area contributed by atoms with E-state index in [1.807, 2.05) is 6.07 Å². The van der Waals surface area contributed by atoms with Gasteiger partial charge in [0.15, 0.2) is 0 Å². The molecule has 0 atom stereocenters. The quantitative estimate of drug-likeness (QED) is 0.816. The zero-order valence-corrected chi connectivity index (χ0v) is 12.3. The second-order valence-electron chi connectivity index (χ2n) is 4.58. The molecule has 1 saturated heterocycles. The Labute approximate surface area is 118 Å². The molecule has 0 radical (unpaired) electrons. The minimum Gasteiger partial charge on any atom is -0.379 e. The highest BCUT2D eigenvalue weighted by atomic mass is 79.9. The summed E-state index contributed by atoms with van der Waals surface area (Å²) in [6, 6.07) is 8.37. The van der Waals surface area contributed by atoms with Gasteiger partial charge in [0.1, 0.15) is 0 Å². The average molecular weight is 313 g/mol. The van der Waals surface area contributed by atoms with Gasteiger partial charge in [-0.3, -0.25) is 4.90 Å². The summed E-state index contributed by atoms with van der Waals surface area (Å²) >= 11 is 3.57. The van der Waals surface area contributed by atoms with Gasteiger partial charge in [0.25, 0.3) is 0 Å². The maximum Gasteiger partial charge on any atom is 0.0594 e. The highest BCUT2D eigenvalue weighted by Crippen LogP contribution is 2.15. The van der Waals surface area contributed by atoms with E-state index in [1.54, 1.807) is 0 Å². The zero-order chi connectivity index (χ0) is 12.6. The highest BCUT2D eigenvalue weighted by Gasteiger charge is 2.08. The number of benzene rings is 1. The van der Waals surface area contributed by atoms with Crippen molar-refractivity contribution >= 4 is 15.9 Å². The first-order valence-electron chi connectivity index (χ1n) is 6.60. The lowest BCUT2D eigenvalue weighted by molar-refractivity contribution is 0.0374. The number of rotatable bonds is 6. The molecule has 2 rings (SSSR count). The SMILES string of the molecule is Brc1ccccc1CNCCCN1CCOCC1. The van der Waals surface area contributed by atoms with Crippen molar-refractivity contribution in [1.82, 2.24) is 10.2 Å². The number of nitrogens with zero attached hydrogens (tertiary/aromatic N) is 1. The van der Waals surface area contributed by atoms with Crippen LogP contribution in [0.2, 0.25) is 0 Å². The number of nitrogens with one attached hydrogen (secondary N) is 1. The summed E-state index contributed by atoms with van der Waals surface area (Å²) < 4.78 is 6.52. The van der Waals surface area contributed by atoms with Crippen molar-refractivity contribution in [3.63, 3.8) is 0 Å². The van der Waals surface area contributed by atoms with Crippen LogP contribution >= 0.6 is 15.9 Å². The third kappa shape index (κ3) is 4.69. The number of hydrogen-bond donors (Lipinski definition) is 1. The zero-order valence-electron chi connectivity index (χ0n) is 10.7. The van der Waals surface area contributed by atoms with E-state index in [0.717, 1.165) is 39.4 Å². The molecule has 0 aromatic heterocycles. The number of hydrogen-bond acceptors (Lipinski definition) is 3. The van der Waals surface area contributed by atoms with Crippen LogP contribution in [0.5, 0.6) is 0 Å². The summed E-state index contributed by atoms with van der Waals surface area (Å²) in [6.45, 7) is 7.14. The lowest BCUT2D eigenvalue weighted by Gasteiger charge is -2.26. The van der Waals surface area contributed by atoms with Gasteiger partial charge in [0, 0.05) is 24.1 Å². The normalized spacial score (nSPS) is 16.9. The van der Waals surface area contributed by atoms with Crippen molar-refractivity contribution < 1.29 is 4.74 Å². The van der Waals surface area contributed by atoms with E-state index in [1.165, 1.54) is 23.0 Å². The summed E-state index contributed by atoms with van der Waals surface area (Å²) in [6.07, 6.45) is 1.20. The molecule has 18 heavy (non-hydrogen) atoms. The fourth-order valence-corrected chi connectivity index (χ4v) is 2.54. The van der Waals surface area contributed by atoms with Crippen LogP contribution in [0.3, 0.4) is 0 Å². The van der Waals surface area contributed by atoms with Crippen molar-refractivity contribution in [2.45, 2.75) is 13.0 Å². The third-order valence-electron chi connectivity index (χ3n) is 3.20. The monoisotopic (exact) mass is 312 g/mol. The van der Waals surface area contributed by atoms with Crippen LogP contribution < -0.4 is 5.32 Å². The van der Waals surface area contributed by atoms with Gasteiger partial charge in [-0.05, 0) is 31.1 Å². The van der Waals surface area contributed by atoms with Crippen molar-refractivity contribution in [3.05, 3.63) is 34.3 Å². The molecule has 4 heteroatoms. The van der Waals surface area contributed by atoms with Gasteiger partial charge in [-0.15, -0.1) is 0 Å². The maximum atomic E-state index is 5.34. The lowest BCUT2D eigenvalue weighted by atomic mass is 10.2. The van der Waals surface area contributed by atoms with Gasteiger partial charge >= 0.3 is 0 Å². The molecule has 0 saturated carbocycles. The van der Waals surface area contributed by atoms with Gasteiger partial charge < -0.3 is 10.1 Å². The van der Waals surface area contributed by atoms with Crippen LogP contribution in [-0.4, -0.2) is 44.3 Å². The van der Waals surface area contributed by atoms with E-state index in [4.69, 9.17) is 4.74 Å². The smallest absolute Gasteiger partial charge is 0.0594 e. The largest absolute Gasteiger partial charge is 0.379 e. The highest BCUT2D eigenvalue weighted by molar-refractivity contribution is 9.10. The van der Waals surface area contributed by atoms with Gasteiger partial charge in [-0.25, -0.2) is 0 Å². The molecule has 1 aliphatic heterocycles. The Hall–Kier alpha value is -0.420. The van der Waals surface area contributed by atoms with Crippen LogP contribution in [0, 0.1) is 0 Å². The van der Waals surface area contributed by atoms with Crippen LogP contribution in [0.25, 0.3) is 0 Å². The van der Waals surface area contributed by atoms with Gasteiger partial charge in [0.05, 0.1) is 13.2 Å². The number of halogens is 1. The molecule has 0 unspecified atom stereocenters. The molecule has 100 valence electrons. The summed E-state index contributed by atoms with van der Waals surface area (Å²) in [5.41, 5.74) is 1.32. The predicted molar refractivity (Wildman–Crippen MR) is 77.7 cm³/mol. The van der Waals surface area contributed by atoms with Crippen molar-refractivity contribution in [1.29, 1.82) is 0 Å². The first-order valence-corrected chi connectivity index (χ1v) is 7.40. The van der Waals surface area contributed by atoms with E-state index < -0.39 is 0 Å². The molecule has 0 spiro atoms. The van der Waals surface area contributed by atoms with E-state index in [9.17, 15) is 0 Å². The van der Waals surface area contributed by atoms with Crippen molar-refractivity contribution in [2.75, 3.05) is 39.4 Å². The second-order valence-corrected chi connectivity index (χ2v) is 5.43. The predicted octanol–water partition coefficient (Wildman–Crippen LogP) is 2.26. The standard InChI is InChI=1S/C14H21BrN2O/c15-14-5-2-1-4-13(14)12-16-6-3-7-17-8-10-18-11-9-17/h1-2,4-5,16H,3,6-12H2. The van der Waals surface area contributed by atoms with Gasteiger partial charge in [0.2, 0.25) is 0 Å². The molecule has 0 amide bonds. The van der Waals surface area contributed by atoms with E-state index >= 15 is 0 Å². The average Bonchev–Trinajstić information content (AvgIpc) is 2.42. The summed E-state index contributed by atoms with van der Waals surface area (Å²) in [5, 5.41) is 3.49. The minimum absolute atomic E-state index is 0.893. The van der Waals surface area contributed by atoms with Crippen LogP contribution in [0.1, 0.15) is 12.0 Å². The summed E-state index contributed by atoms with van der Waals surface area (Å²) in [4.78, 5) is 2.48. The molecule has 0 aliphatic carbocycles. The van der Waals surface area contributed by atoms with E-state index in [0.29, 0.717) is 0 Å². The molecule has 1 aromatic rings. The Bertz CT molecular complexity index is 353. The fourth-order valence-electron chi connectivity index (χ4n) is 2.12. The number of ether oxygens (including phenoxy) is 1. The topological polar surface area (TPSA) is 24.5 Å². The summed E-state index contributed by atoms with van der Waals surface area (Å²) in [7, 11) is 0. The lowest BCUT2D eigenvalue weighted by Crippen LogP contribution is -2.37. The second kappa shape index (κ2) is 7.89. The molecule has 3 nitrogen and oxygen atoms in total. The third-order valence-corrected chi connectivity index (χ3v) is 3.98. The Morgan fingerprint density at radius 3 is 2.78 bits per heavy atom. The minimum atomic E-state index is 0.893. The van der Waals surface area contributed by atoms with Gasteiger partial charge in [-0.2, -0.15) is 0 Å². The van der Waals surface area contributed by atoms with Crippen molar-refractivity contribution in [3.8, 4) is 0 Å². The number of morpholine rings is 1. The summed E-state index contributed by atoms with van der Waals surface area (Å²) in [5.74, 6) is 0. The molecule has 1 aliphatic rings. The van der Waals surface area contributed by atoms with Crippen LogP contribution in [0.15, 0.2) is 28.7 Å². The first kappa shape index (κ1) is 14.0. The molecule has 1 fully saturated rings. The molecular weight excluding hydrogens is 292 g/mol. The van der Waals surface area contributed by atoms with Gasteiger partial charge in [-0.1, -0.05) is 34.1 Å². The molecule has 1 aromatic carbocycles. The van der Waals surface area contributed by atoms with Crippen LogP contribution in [-0.2, 0) is 11.3 Å². The van der Waals surface area contributed by atoms with Crippen LogP contribution in [0.4, 0.5) is 0 Å². The Morgan fingerprint density at radius 1 is 1.22 bits per heavy atom. The maximum absolute atomic E-state index is 5.34. The fraction of sp³-hybridized carbons (Fsp3) is 0.571. The molecule has 1 heterocycles. The Morgan fingerprint density at radius 2 is 2.00 bits per heavy atom. The molecule has 1 N–H and O–H groups in total. The first-order chi connectivity index (χ1) is 8.86.